The van der Waals surface area contributed by atoms with Gasteiger partial charge in [0.1, 0.15) is 0 Å². The normalized spacial score (nSPS) is 13.2. The number of nitro groups is 2. The Labute approximate surface area is 217 Å². The number of benzene rings is 2. The first kappa shape index (κ1) is 30.2. The van der Waals surface area contributed by atoms with Gasteiger partial charge in [0, 0.05) is 37.4 Å². The second-order valence-corrected chi connectivity index (χ2v) is 11.2. The number of carbonyl (C=O) groups excluding carboxylic acids is 2. The molecule has 2 aromatic rings. The van der Waals surface area contributed by atoms with Gasteiger partial charge >= 0.3 is 0 Å². The van der Waals surface area contributed by atoms with E-state index in [4.69, 9.17) is 0 Å². The van der Waals surface area contributed by atoms with E-state index in [9.17, 15) is 46.7 Å². The number of amides is 2. The van der Waals surface area contributed by atoms with E-state index in [0.717, 1.165) is 48.5 Å². The average Bonchev–Trinajstić information content (AvgIpc) is 2.85. The van der Waals surface area contributed by atoms with E-state index in [0.29, 0.717) is 0 Å². The van der Waals surface area contributed by atoms with Gasteiger partial charge in [-0.1, -0.05) is 0 Å². The minimum Gasteiger partial charge on any atom is -0.353 e. The lowest BCUT2D eigenvalue weighted by atomic mass is 10.3. The van der Waals surface area contributed by atoms with Crippen molar-refractivity contribution < 1.29 is 36.3 Å². The summed E-state index contributed by atoms with van der Waals surface area (Å²) in [7, 11) is -8.30. The molecule has 0 aromatic heterocycles. The van der Waals surface area contributed by atoms with Gasteiger partial charge in [-0.25, -0.2) is 16.8 Å². The molecule has 0 heterocycles. The molecule has 0 aliphatic carbocycles. The molecule has 0 bridgehead atoms. The van der Waals surface area contributed by atoms with Gasteiger partial charge in [-0.3, -0.25) is 29.8 Å². The van der Waals surface area contributed by atoms with Crippen LogP contribution in [-0.4, -0.2) is 63.7 Å². The van der Waals surface area contributed by atoms with Crippen LogP contribution in [-0.2, 0) is 29.6 Å². The summed E-state index contributed by atoms with van der Waals surface area (Å²) in [5.74, 6) is -1.45. The summed E-state index contributed by atoms with van der Waals surface area (Å²) < 4.78 is 53.8. The maximum Gasteiger partial charge on any atom is 0.269 e. The van der Waals surface area contributed by atoms with Gasteiger partial charge in [0.05, 0.1) is 31.7 Å². The van der Waals surface area contributed by atoms with E-state index in [2.05, 4.69) is 20.1 Å². The van der Waals surface area contributed by atoms with Crippen molar-refractivity contribution in [2.24, 2.45) is 0 Å². The zero-order chi connectivity index (χ0) is 28.7. The van der Waals surface area contributed by atoms with Gasteiger partial charge in [-0.2, -0.15) is 9.44 Å². The third-order valence-corrected chi connectivity index (χ3v) is 8.00. The van der Waals surface area contributed by atoms with Gasteiger partial charge in [-0.05, 0) is 38.1 Å². The van der Waals surface area contributed by atoms with Crippen molar-refractivity contribution in [1.82, 2.24) is 20.1 Å². The second-order valence-electron chi connectivity index (χ2n) is 7.77. The van der Waals surface area contributed by atoms with Crippen LogP contribution in [0, 0.1) is 20.2 Å². The number of hydrogen-bond acceptors (Lipinski definition) is 10. The molecule has 2 amide bonds. The van der Waals surface area contributed by atoms with Crippen LogP contribution in [0.5, 0.6) is 0 Å². The summed E-state index contributed by atoms with van der Waals surface area (Å²) in [6.07, 6.45) is 0. The van der Waals surface area contributed by atoms with E-state index in [1.807, 2.05) is 0 Å². The predicted octanol–water partition coefficient (Wildman–Crippen LogP) is -0.231. The zero-order valence-corrected chi connectivity index (χ0v) is 21.6. The SMILES string of the molecule is C[C@H](NS(=O)(=O)c1ccc([N+](=O)[O-])cc1)C(=O)NCCNC(=O)[C@@H](C)NS(=O)(=O)c1ccc([N+](=O)[O-])cc1. The highest BCUT2D eigenvalue weighted by atomic mass is 32.2. The standard InChI is InChI=1S/C20H24N6O10S2/c1-13(23-37(33,34)17-7-3-15(4-8-17)25(29)30)19(27)21-11-12-22-20(28)14(2)24-38(35,36)18-9-5-16(6-10-18)26(31)32/h3-10,13-14,23-24H,11-12H2,1-2H3,(H,21,27)(H,22,28)/t13-,14+. The molecule has 0 saturated heterocycles. The molecule has 0 saturated carbocycles. The molecule has 0 aliphatic heterocycles. The molecule has 0 fully saturated rings. The molecule has 0 aliphatic rings. The number of rotatable bonds is 13. The van der Waals surface area contributed by atoms with Crippen molar-refractivity contribution >= 4 is 43.2 Å². The van der Waals surface area contributed by atoms with Crippen molar-refractivity contribution in [1.29, 1.82) is 0 Å². The van der Waals surface area contributed by atoms with Crippen LogP contribution in [0.1, 0.15) is 13.8 Å². The third-order valence-electron chi connectivity index (χ3n) is 4.89. The van der Waals surface area contributed by atoms with E-state index in [1.165, 1.54) is 13.8 Å². The molecule has 2 rings (SSSR count). The summed E-state index contributed by atoms with van der Waals surface area (Å²) >= 11 is 0. The maximum atomic E-state index is 12.4. The molecule has 18 heteroatoms. The minimum atomic E-state index is -4.15. The first-order valence-electron chi connectivity index (χ1n) is 10.7. The fraction of sp³-hybridized carbons (Fsp3) is 0.300. The Morgan fingerprint density at radius 1 is 0.684 bits per heavy atom. The number of sulfonamides is 2. The number of hydrogen-bond donors (Lipinski definition) is 4. The van der Waals surface area contributed by atoms with Crippen molar-refractivity contribution in [2.75, 3.05) is 13.1 Å². The van der Waals surface area contributed by atoms with Crippen molar-refractivity contribution in [3.8, 4) is 0 Å². The van der Waals surface area contributed by atoms with Crippen molar-refractivity contribution in [3.63, 3.8) is 0 Å². The monoisotopic (exact) mass is 572 g/mol. The van der Waals surface area contributed by atoms with Gasteiger partial charge in [-0.15, -0.1) is 0 Å². The van der Waals surface area contributed by atoms with Crippen LogP contribution in [0.2, 0.25) is 0 Å². The number of nitro benzene ring substituents is 2. The Morgan fingerprint density at radius 3 is 1.24 bits per heavy atom. The minimum absolute atomic E-state index is 0.115. The van der Waals surface area contributed by atoms with Crippen molar-refractivity contribution in [2.45, 2.75) is 35.7 Å². The highest BCUT2D eigenvalue weighted by molar-refractivity contribution is 7.89. The van der Waals surface area contributed by atoms with Crippen LogP contribution in [0.25, 0.3) is 0 Å². The van der Waals surface area contributed by atoms with Crippen LogP contribution in [0.15, 0.2) is 58.3 Å². The van der Waals surface area contributed by atoms with E-state index in [1.54, 1.807) is 0 Å². The van der Waals surface area contributed by atoms with Crippen molar-refractivity contribution in [3.05, 3.63) is 68.8 Å². The lowest BCUT2D eigenvalue weighted by molar-refractivity contribution is -0.385. The fourth-order valence-corrected chi connectivity index (χ4v) is 5.29. The van der Waals surface area contributed by atoms with Crippen LogP contribution in [0.3, 0.4) is 0 Å². The van der Waals surface area contributed by atoms with E-state index < -0.39 is 53.8 Å². The molecular formula is C20H24N6O10S2. The second kappa shape index (κ2) is 12.5. The Balaban J connectivity index is 1.81. The Hall–Kier alpha value is -4.00. The molecular weight excluding hydrogens is 548 g/mol. The number of nitrogens with one attached hydrogen (secondary N) is 4. The average molecular weight is 573 g/mol. The lowest BCUT2D eigenvalue weighted by Crippen LogP contribution is -2.48. The molecule has 2 atom stereocenters. The summed E-state index contributed by atoms with van der Waals surface area (Å²) in [4.78, 5) is 43.9. The van der Waals surface area contributed by atoms with Gasteiger partial charge in [0.15, 0.2) is 0 Å². The highest BCUT2D eigenvalue weighted by Gasteiger charge is 2.24. The molecule has 4 N–H and O–H groups in total. The highest BCUT2D eigenvalue weighted by Crippen LogP contribution is 2.17. The Kier molecular flexibility index (Phi) is 9.94. The first-order chi connectivity index (χ1) is 17.6. The third kappa shape index (κ3) is 8.26. The predicted molar refractivity (Wildman–Crippen MR) is 132 cm³/mol. The molecule has 38 heavy (non-hydrogen) atoms. The summed E-state index contributed by atoms with van der Waals surface area (Å²) in [5, 5.41) is 26.2. The summed E-state index contributed by atoms with van der Waals surface area (Å²) in [5.41, 5.74) is -0.601. The quantitative estimate of drug-likeness (QED) is 0.140. The van der Waals surface area contributed by atoms with Gasteiger partial charge in [0.25, 0.3) is 11.4 Å². The summed E-state index contributed by atoms with van der Waals surface area (Å²) in [6, 6.07) is 5.69. The first-order valence-corrected chi connectivity index (χ1v) is 13.7. The molecule has 2 aromatic carbocycles. The molecule has 0 unspecified atom stereocenters. The van der Waals surface area contributed by atoms with Gasteiger partial charge < -0.3 is 10.6 Å². The number of carbonyl (C=O) groups is 2. The lowest BCUT2D eigenvalue weighted by Gasteiger charge is -2.16. The summed E-state index contributed by atoms with van der Waals surface area (Å²) in [6.45, 7) is 2.31. The van der Waals surface area contributed by atoms with Crippen LogP contribution < -0.4 is 20.1 Å². The Morgan fingerprint density at radius 2 is 0.974 bits per heavy atom. The zero-order valence-electron chi connectivity index (χ0n) is 20.0. The molecule has 0 spiro atoms. The fourth-order valence-electron chi connectivity index (χ4n) is 2.88. The van der Waals surface area contributed by atoms with Crippen LogP contribution >= 0.6 is 0 Å². The molecule has 16 nitrogen and oxygen atoms in total. The maximum absolute atomic E-state index is 12.4. The largest absolute Gasteiger partial charge is 0.353 e. The van der Waals surface area contributed by atoms with E-state index >= 15 is 0 Å². The number of nitrogens with zero attached hydrogens (tertiary/aromatic N) is 2. The molecule has 206 valence electrons. The smallest absolute Gasteiger partial charge is 0.269 e. The van der Waals surface area contributed by atoms with Crippen LogP contribution in [0.4, 0.5) is 11.4 Å². The van der Waals surface area contributed by atoms with E-state index in [-0.39, 0.29) is 34.3 Å². The Bertz CT molecular complexity index is 1300. The topological polar surface area (TPSA) is 237 Å². The molecule has 0 radical (unpaired) electrons. The van der Waals surface area contributed by atoms with Gasteiger partial charge in [0.2, 0.25) is 31.9 Å². The number of non-ortho nitro benzene ring substituents is 2.